The lowest BCUT2D eigenvalue weighted by atomic mass is 9.92. The number of nitrogens with zero attached hydrogens (tertiary/aromatic N) is 5. The highest BCUT2D eigenvalue weighted by molar-refractivity contribution is 5.90. The first kappa shape index (κ1) is 18.6. The summed E-state index contributed by atoms with van der Waals surface area (Å²) in [5.74, 6) is 0.597. The Morgan fingerprint density at radius 3 is 2.79 bits per heavy atom. The van der Waals surface area contributed by atoms with Crippen LogP contribution in [-0.2, 0) is 16.1 Å². The van der Waals surface area contributed by atoms with Gasteiger partial charge in [-0.1, -0.05) is 20.8 Å². The summed E-state index contributed by atoms with van der Waals surface area (Å²) >= 11 is 0. The van der Waals surface area contributed by atoms with Gasteiger partial charge in [-0.15, -0.1) is 0 Å². The Morgan fingerprint density at radius 1 is 1.25 bits per heavy atom. The second-order valence-corrected chi connectivity index (χ2v) is 9.02. The van der Waals surface area contributed by atoms with Crippen molar-refractivity contribution < 1.29 is 9.59 Å². The van der Waals surface area contributed by atoms with Crippen molar-refractivity contribution in [3.05, 3.63) is 12.7 Å². The van der Waals surface area contributed by atoms with Gasteiger partial charge >= 0.3 is 0 Å². The highest BCUT2D eigenvalue weighted by Gasteiger charge is 2.55. The zero-order valence-electron chi connectivity index (χ0n) is 16.6. The standard InChI is InChI=1S/C19H27N7O2/c1-19(2,3)4-5-21-18(28)13-7-11-6-12(11)26(13)14(27)8-25-10-24-15-16(20)22-9-23-17(15)25/h9-13H,4-8H2,1-3H3,(H,21,28)(H2,20,22,23)/t11-,12-,13+/m1/s1. The Labute approximate surface area is 163 Å². The number of imidazole rings is 1. The smallest absolute Gasteiger partial charge is 0.243 e. The first-order chi connectivity index (χ1) is 13.2. The van der Waals surface area contributed by atoms with Crippen molar-refractivity contribution in [2.75, 3.05) is 12.3 Å². The van der Waals surface area contributed by atoms with Crippen LogP contribution in [0.15, 0.2) is 12.7 Å². The Morgan fingerprint density at radius 2 is 2.04 bits per heavy atom. The SMILES string of the molecule is CC(C)(C)CCNC(=O)[C@@H]1C[C@H]2C[C@H]2N1C(=O)Cn1cnc2c(N)ncnc21. The highest BCUT2D eigenvalue weighted by Crippen LogP contribution is 2.48. The zero-order chi connectivity index (χ0) is 20.1. The molecule has 0 aromatic carbocycles. The lowest BCUT2D eigenvalue weighted by Crippen LogP contribution is -2.49. The Kier molecular flexibility index (Phi) is 4.47. The van der Waals surface area contributed by atoms with Crippen LogP contribution in [0.25, 0.3) is 11.2 Å². The van der Waals surface area contributed by atoms with Crippen LogP contribution in [0, 0.1) is 11.3 Å². The van der Waals surface area contributed by atoms with Gasteiger partial charge in [-0.05, 0) is 30.6 Å². The first-order valence-electron chi connectivity index (χ1n) is 9.75. The average molecular weight is 385 g/mol. The molecule has 0 bridgehead atoms. The van der Waals surface area contributed by atoms with Crippen LogP contribution in [-0.4, -0.2) is 54.9 Å². The predicted octanol–water partition coefficient (Wildman–Crippen LogP) is 0.950. The number of nitrogen functional groups attached to an aromatic ring is 1. The van der Waals surface area contributed by atoms with E-state index in [0.717, 1.165) is 19.3 Å². The topological polar surface area (TPSA) is 119 Å². The molecule has 28 heavy (non-hydrogen) atoms. The van der Waals surface area contributed by atoms with Crippen LogP contribution in [0.2, 0.25) is 0 Å². The number of rotatable bonds is 5. The number of nitrogens with one attached hydrogen (secondary N) is 1. The monoisotopic (exact) mass is 385 g/mol. The molecule has 1 aliphatic carbocycles. The number of carbonyl (C=O) groups is 2. The summed E-state index contributed by atoms with van der Waals surface area (Å²) < 4.78 is 1.67. The van der Waals surface area contributed by atoms with Gasteiger partial charge in [0.15, 0.2) is 11.5 Å². The van der Waals surface area contributed by atoms with Crippen LogP contribution in [0.1, 0.15) is 40.0 Å². The third-order valence-electron chi connectivity index (χ3n) is 5.60. The van der Waals surface area contributed by atoms with E-state index < -0.39 is 0 Å². The molecule has 3 atom stereocenters. The molecule has 2 aliphatic rings. The summed E-state index contributed by atoms with van der Waals surface area (Å²) in [4.78, 5) is 39.8. The lowest BCUT2D eigenvalue weighted by molar-refractivity contribution is -0.140. The van der Waals surface area contributed by atoms with Crippen LogP contribution >= 0.6 is 0 Å². The fourth-order valence-electron chi connectivity index (χ4n) is 3.97. The first-order valence-corrected chi connectivity index (χ1v) is 9.75. The summed E-state index contributed by atoms with van der Waals surface area (Å²) in [5, 5.41) is 3.01. The van der Waals surface area contributed by atoms with Gasteiger partial charge in [0.2, 0.25) is 11.8 Å². The maximum absolute atomic E-state index is 13.0. The maximum Gasteiger partial charge on any atom is 0.243 e. The number of fused-ring (bicyclic) bond motifs is 2. The van der Waals surface area contributed by atoms with E-state index in [1.54, 1.807) is 15.8 Å². The third kappa shape index (κ3) is 3.53. The molecule has 1 aliphatic heterocycles. The number of piperidine rings is 1. The number of anilines is 1. The van der Waals surface area contributed by atoms with Crippen molar-refractivity contribution in [1.82, 2.24) is 29.7 Å². The predicted molar refractivity (Wildman–Crippen MR) is 104 cm³/mol. The summed E-state index contributed by atoms with van der Waals surface area (Å²) in [6.45, 7) is 7.14. The van der Waals surface area contributed by atoms with E-state index in [-0.39, 0.29) is 41.7 Å². The molecule has 2 fully saturated rings. The van der Waals surface area contributed by atoms with Crippen LogP contribution < -0.4 is 11.1 Å². The molecule has 150 valence electrons. The molecule has 0 radical (unpaired) electrons. The van der Waals surface area contributed by atoms with Crippen LogP contribution in [0.4, 0.5) is 5.82 Å². The number of hydrogen-bond acceptors (Lipinski definition) is 6. The normalized spacial score (nSPS) is 23.7. The van der Waals surface area contributed by atoms with E-state index in [4.69, 9.17) is 5.73 Å². The van der Waals surface area contributed by atoms with Gasteiger partial charge in [-0.25, -0.2) is 15.0 Å². The third-order valence-corrected chi connectivity index (χ3v) is 5.60. The molecule has 2 amide bonds. The van der Waals surface area contributed by atoms with Crippen molar-refractivity contribution in [2.24, 2.45) is 11.3 Å². The minimum Gasteiger partial charge on any atom is -0.382 e. The van der Waals surface area contributed by atoms with Gasteiger partial charge in [0.05, 0.1) is 6.33 Å². The van der Waals surface area contributed by atoms with Crippen LogP contribution in [0.3, 0.4) is 0 Å². The zero-order valence-corrected chi connectivity index (χ0v) is 16.6. The molecular formula is C19H27N7O2. The van der Waals surface area contributed by atoms with Crippen molar-refractivity contribution in [2.45, 2.75) is 58.7 Å². The number of likely N-dealkylation sites (tertiary alicyclic amines) is 1. The fraction of sp³-hybridized carbons (Fsp3) is 0.632. The largest absolute Gasteiger partial charge is 0.382 e. The van der Waals surface area contributed by atoms with Crippen LogP contribution in [0.5, 0.6) is 0 Å². The summed E-state index contributed by atoms with van der Waals surface area (Å²) in [5.41, 5.74) is 6.98. The van der Waals surface area contributed by atoms with Gasteiger partial charge in [-0.3, -0.25) is 9.59 Å². The molecule has 3 N–H and O–H groups in total. The van der Waals surface area contributed by atoms with Crippen molar-refractivity contribution in [3.8, 4) is 0 Å². The van der Waals surface area contributed by atoms with Crippen molar-refractivity contribution in [3.63, 3.8) is 0 Å². The molecule has 1 saturated carbocycles. The molecule has 9 nitrogen and oxygen atoms in total. The number of nitrogens with two attached hydrogens (primary N) is 1. The molecule has 2 aromatic heterocycles. The fourth-order valence-corrected chi connectivity index (χ4v) is 3.97. The molecule has 2 aromatic rings. The summed E-state index contributed by atoms with van der Waals surface area (Å²) in [7, 11) is 0. The number of carbonyl (C=O) groups excluding carboxylic acids is 2. The number of amides is 2. The number of aromatic nitrogens is 4. The maximum atomic E-state index is 13.0. The van der Waals surface area contributed by atoms with Gasteiger partial charge in [-0.2, -0.15) is 0 Å². The number of hydrogen-bond donors (Lipinski definition) is 2. The summed E-state index contributed by atoms with van der Waals surface area (Å²) in [6, 6.07) is -0.203. The van der Waals surface area contributed by atoms with Crippen molar-refractivity contribution in [1.29, 1.82) is 0 Å². The quantitative estimate of drug-likeness (QED) is 0.791. The molecule has 9 heteroatoms. The van der Waals surface area contributed by atoms with E-state index in [1.807, 2.05) is 0 Å². The lowest BCUT2D eigenvalue weighted by Gasteiger charge is -2.27. The second kappa shape index (κ2) is 6.72. The van der Waals surface area contributed by atoms with E-state index in [9.17, 15) is 9.59 Å². The van der Waals surface area contributed by atoms with Gasteiger partial charge in [0.25, 0.3) is 0 Å². The second-order valence-electron chi connectivity index (χ2n) is 9.02. The summed E-state index contributed by atoms with van der Waals surface area (Å²) in [6.07, 6.45) is 5.54. The van der Waals surface area contributed by atoms with E-state index in [0.29, 0.717) is 23.6 Å². The van der Waals surface area contributed by atoms with E-state index in [1.165, 1.54) is 6.33 Å². The van der Waals surface area contributed by atoms with Crippen molar-refractivity contribution >= 4 is 28.8 Å². The Bertz CT molecular complexity index is 917. The Balaban J connectivity index is 1.45. The molecule has 4 rings (SSSR count). The average Bonchev–Trinajstić information content (AvgIpc) is 3.08. The molecule has 1 saturated heterocycles. The Hall–Kier alpha value is -2.71. The van der Waals surface area contributed by atoms with E-state index >= 15 is 0 Å². The van der Waals surface area contributed by atoms with Gasteiger partial charge < -0.3 is 20.5 Å². The van der Waals surface area contributed by atoms with Gasteiger partial charge in [0, 0.05) is 12.6 Å². The molecule has 3 heterocycles. The minimum absolute atomic E-state index is 0.0492. The van der Waals surface area contributed by atoms with E-state index in [2.05, 4.69) is 41.0 Å². The molecule has 0 spiro atoms. The highest BCUT2D eigenvalue weighted by atomic mass is 16.2. The molecule has 0 unspecified atom stereocenters. The molecular weight excluding hydrogens is 358 g/mol. The minimum atomic E-state index is -0.384. The van der Waals surface area contributed by atoms with Gasteiger partial charge in [0.1, 0.15) is 24.4 Å².